The zero-order valence-electron chi connectivity index (χ0n) is 21.8. The summed E-state index contributed by atoms with van der Waals surface area (Å²) in [6, 6.07) is 27.2. The van der Waals surface area contributed by atoms with E-state index in [9.17, 15) is 0 Å². The number of nitrogens with zero attached hydrogens (tertiary/aromatic N) is 2. The van der Waals surface area contributed by atoms with E-state index in [-0.39, 0.29) is 6.04 Å². The number of hydrogen-bond acceptors (Lipinski definition) is 6. The summed E-state index contributed by atoms with van der Waals surface area (Å²) in [5.74, 6) is 7.04. The molecule has 0 bridgehead atoms. The van der Waals surface area contributed by atoms with Crippen molar-refractivity contribution in [2.45, 2.75) is 25.3 Å². The Labute approximate surface area is 231 Å². The van der Waals surface area contributed by atoms with E-state index in [1.54, 1.807) is 0 Å². The van der Waals surface area contributed by atoms with E-state index in [4.69, 9.17) is 21.5 Å². The monoisotopic (exact) mass is 532 g/mol. The van der Waals surface area contributed by atoms with E-state index in [0.29, 0.717) is 13.0 Å². The van der Waals surface area contributed by atoms with Crippen LogP contribution in [0, 0.1) is 11.8 Å². The first-order valence-electron chi connectivity index (χ1n) is 13.3. The lowest BCUT2D eigenvalue weighted by Gasteiger charge is -2.40. The molecule has 0 aliphatic carbocycles. The predicted molar refractivity (Wildman–Crippen MR) is 153 cm³/mol. The molecule has 1 aliphatic heterocycles. The number of halogens is 1. The number of nitrogens with one attached hydrogen (secondary N) is 2. The van der Waals surface area contributed by atoms with Crippen LogP contribution in [0.2, 0.25) is 5.02 Å². The number of hydrazine groups is 1. The maximum absolute atomic E-state index is 8.46. The Kier molecular flexibility index (Phi) is 11.5. The largest absolute Gasteiger partial charge is 0.494 e. The van der Waals surface area contributed by atoms with Crippen molar-refractivity contribution in [2.24, 2.45) is 0 Å². The molecule has 1 atom stereocenters. The Hall–Kier alpha value is -2.89. The molecule has 1 fully saturated rings. The van der Waals surface area contributed by atoms with Crippen molar-refractivity contribution < 1.29 is 9.94 Å². The van der Waals surface area contributed by atoms with Crippen LogP contribution < -0.4 is 15.8 Å². The third-order valence-corrected chi connectivity index (χ3v) is 7.00. The summed E-state index contributed by atoms with van der Waals surface area (Å²) < 4.78 is 5.93. The molecule has 6 nitrogen and oxygen atoms in total. The molecule has 1 saturated heterocycles. The van der Waals surface area contributed by atoms with Crippen LogP contribution in [0.15, 0.2) is 78.9 Å². The van der Waals surface area contributed by atoms with Crippen molar-refractivity contribution in [3.8, 4) is 17.6 Å². The van der Waals surface area contributed by atoms with Crippen LogP contribution in [-0.2, 0) is 0 Å². The summed E-state index contributed by atoms with van der Waals surface area (Å²) in [5, 5.41) is 9.24. The molecule has 0 radical (unpaired) electrons. The Morgan fingerprint density at radius 2 is 1.58 bits per heavy atom. The van der Waals surface area contributed by atoms with E-state index >= 15 is 0 Å². The zero-order chi connectivity index (χ0) is 26.4. The van der Waals surface area contributed by atoms with Crippen LogP contribution in [0.5, 0.6) is 5.75 Å². The summed E-state index contributed by atoms with van der Waals surface area (Å²) in [7, 11) is 0. The fourth-order valence-corrected chi connectivity index (χ4v) is 4.87. The molecule has 3 aromatic rings. The van der Waals surface area contributed by atoms with Gasteiger partial charge in [0.05, 0.1) is 12.6 Å². The van der Waals surface area contributed by atoms with Gasteiger partial charge in [0.1, 0.15) is 5.75 Å². The summed E-state index contributed by atoms with van der Waals surface area (Å²) in [5.41, 5.74) is 8.06. The molecule has 3 N–H and O–H groups in total. The molecular weight excluding hydrogens is 496 g/mol. The van der Waals surface area contributed by atoms with Gasteiger partial charge in [-0.15, -0.1) is 5.59 Å². The highest BCUT2D eigenvalue weighted by molar-refractivity contribution is 6.30. The van der Waals surface area contributed by atoms with E-state index < -0.39 is 0 Å². The van der Waals surface area contributed by atoms with Gasteiger partial charge >= 0.3 is 0 Å². The van der Waals surface area contributed by atoms with Crippen molar-refractivity contribution in [3.63, 3.8) is 0 Å². The lowest BCUT2D eigenvalue weighted by molar-refractivity contribution is 0.107. The molecular formula is C31H37ClN4O2. The Balaban J connectivity index is 1.17. The molecule has 4 rings (SSSR count). The third-order valence-electron chi connectivity index (χ3n) is 6.75. The molecule has 3 aromatic carbocycles. The van der Waals surface area contributed by atoms with Crippen LogP contribution in [0.25, 0.3) is 0 Å². The van der Waals surface area contributed by atoms with Crippen molar-refractivity contribution in [3.05, 3.63) is 101 Å². The third kappa shape index (κ3) is 8.85. The maximum Gasteiger partial charge on any atom is 0.119 e. The van der Waals surface area contributed by atoms with Crippen LogP contribution in [0.4, 0.5) is 0 Å². The summed E-state index contributed by atoms with van der Waals surface area (Å²) in [6.07, 6.45) is 2.81. The second-order valence-corrected chi connectivity index (χ2v) is 9.85. The standard InChI is InChI=1S/C31H37ClN4O2/c32-29-15-13-28(14-16-29)31(27-9-2-1-3-10-27)36-23-21-35(22-24-36)20-6-7-25-38-30-17-11-26(12-18-30)8-4-5-19-33-34-37/h1-3,9-18,31,33-34,37H,5-7,19-25H2/t31-/m1/s1. The molecule has 0 unspecified atom stereocenters. The lowest BCUT2D eigenvalue weighted by Crippen LogP contribution is -2.48. The number of ether oxygens (including phenoxy) is 1. The molecule has 0 amide bonds. The number of piperazine rings is 1. The van der Waals surface area contributed by atoms with Gasteiger partial charge < -0.3 is 14.8 Å². The van der Waals surface area contributed by atoms with Crippen LogP contribution >= 0.6 is 11.6 Å². The summed E-state index contributed by atoms with van der Waals surface area (Å²) >= 11 is 6.17. The van der Waals surface area contributed by atoms with E-state index in [2.05, 4.69) is 69.5 Å². The fraction of sp³-hybridized carbons (Fsp3) is 0.355. The van der Waals surface area contributed by atoms with Crippen LogP contribution in [0.3, 0.4) is 0 Å². The van der Waals surface area contributed by atoms with Gasteiger partial charge in [-0.2, -0.15) is 0 Å². The smallest absolute Gasteiger partial charge is 0.119 e. The lowest BCUT2D eigenvalue weighted by atomic mass is 9.96. The number of rotatable bonds is 12. The highest BCUT2D eigenvalue weighted by Gasteiger charge is 2.26. The first kappa shape index (κ1) is 28.1. The first-order chi connectivity index (χ1) is 18.7. The van der Waals surface area contributed by atoms with Gasteiger partial charge in [-0.3, -0.25) is 4.90 Å². The molecule has 1 heterocycles. The average Bonchev–Trinajstić information content (AvgIpc) is 2.96. The van der Waals surface area contributed by atoms with Crippen molar-refractivity contribution >= 4 is 11.6 Å². The van der Waals surface area contributed by atoms with Crippen LogP contribution in [-0.4, -0.2) is 60.9 Å². The zero-order valence-corrected chi connectivity index (χ0v) is 22.5. The SMILES string of the molecule is ONNCCC#Cc1ccc(OCCCCN2CCN([C@H](c3ccccc3)c3ccc(Cl)cc3)CC2)cc1. The van der Waals surface area contributed by atoms with Gasteiger partial charge in [-0.05, 0) is 66.9 Å². The second kappa shape index (κ2) is 15.5. The van der Waals surface area contributed by atoms with Gasteiger partial charge in [-0.25, -0.2) is 5.43 Å². The number of hydrogen-bond donors (Lipinski definition) is 3. The van der Waals surface area contributed by atoms with Crippen LogP contribution in [0.1, 0.15) is 42.0 Å². The van der Waals surface area contributed by atoms with Crippen molar-refractivity contribution in [1.82, 2.24) is 20.8 Å². The molecule has 1 aliphatic rings. The van der Waals surface area contributed by atoms with Crippen molar-refractivity contribution in [2.75, 3.05) is 45.9 Å². The highest BCUT2D eigenvalue weighted by Crippen LogP contribution is 2.30. The molecule has 0 saturated carbocycles. The Morgan fingerprint density at radius 1 is 0.868 bits per heavy atom. The van der Waals surface area contributed by atoms with Gasteiger partial charge in [0.2, 0.25) is 0 Å². The Morgan fingerprint density at radius 3 is 2.29 bits per heavy atom. The van der Waals surface area contributed by atoms with Gasteiger partial charge in [-0.1, -0.05) is 65.9 Å². The Bertz CT molecular complexity index is 1140. The normalized spacial score (nSPS) is 15.0. The average molecular weight is 533 g/mol. The van der Waals surface area contributed by atoms with Gasteiger partial charge in [0.15, 0.2) is 0 Å². The second-order valence-electron chi connectivity index (χ2n) is 9.41. The number of unbranched alkanes of at least 4 members (excludes halogenated alkanes) is 1. The predicted octanol–water partition coefficient (Wildman–Crippen LogP) is 5.13. The quantitative estimate of drug-likeness (QED) is 0.171. The van der Waals surface area contributed by atoms with E-state index in [0.717, 1.165) is 68.5 Å². The van der Waals surface area contributed by atoms with Crippen molar-refractivity contribution in [1.29, 1.82) is 0 Å². The minimum Gasteiger partial charge on any atom is -0.494 e. The summed E-state index contributed by atoms with van der Waals surface area (Å²) in [4.78, 5) is 5.16. The minimum atomic E-state index is 0.252. The number of benzene rings is 3. The summed E-state index contributed by atoms with van der Waals surface area (Å²) in [6.45, 7) is 6.64. The molecule has 0 spiro atoms. The van der Waals surface area contributed by atoms with E-state index in [1.165, 1.54) is 11.1 Å². The first-order valence-corrected chi connectivity index (χ1v) is 13.7. The van der Waals surface area contributed by atoms with E-state index in [1.807, 2.05) is 42.0 Å². The topological polar surface area (TPSA) is 60.0 Å². The molecule has 0 aromatic heterocycles. The molecule has 38 heavy (non-hydrogen) atoms. The minimum absolute atomic E-state index is 0.252. The highest BCUT2D eigenvalue weighted by atomic mass is 35.5. The molecule has 200 valence electrons. The van der Waals surface area contributed by atoms with Gasteiger partial charge in [0, 0.05) is 49.7 Å². The van der Waals surface area contributed by atoms with Gasteiger partial charge in [0.25, 0.3) is 0 Å². The molecule has 7 heteroatoms. The fourth-order valence-electron chi connectivity index (χ4n) is 4.75. The maximum atomic E-state index is 8.46.